The zero-order chi connectivity index (χ0) is 69.4. The summed E-state index contributed by atoms with van der Waals surface area (Å²) in [4.78, 5) is 25.2. The Morgan fingerprint density at radius 1 is 0.385 bits per heavy atom. The number of rotatable bonds is 72. The lowest BCUT2D eigenvalue weighted by atomic mass is 9.99. The lowest BCUT2D eigenvalue weighted by Crippen LogP contribution is -2.60. The number of aliphatic hydroxyl groups excluding tert-OH is 5. The number of hydrogen-bond donors (Lipinski definition) is 6. The van der Waals surface area contributed by atoms with Gasteiger partial charge in [-0.2, -0.15) is 0 Å². The van der Waals surface area contributed by atoms with Gasteiger partial charge in [-0.05, 0) is 116 Å². The van der Waals surface area contributed by atoms with Gasteiger partial charge in [-0.1, -0.05) is 336 Å². The number of carbonyl (C=O) groups is 2. The van der Waals surface area contributed by atoms with Gasteiger partial charge in [-0.15, -0.1) is 0 Å². The number of nitrogens with one attached hydrogen (secondary N) is 1. The summed E-state index contributed by atoms with van der Waals surface area (Å²) in [6, 6.07) is -0.833. The fourth-order valence-electron chi connectivity index (χ4n) is 12.5. The van der Waals surface area contributed by atoms with Gasteiger partial charge in [0.15, 0.2) is 6.29 Å². The molecule has 6 N–H and O–H groups in total. The number of esters is 1. The third kappa shape index (κ3) is 60.8. The van der Waals surface area contributed by atoms with Crippen molar-refractivity contribution in [1.82, 2.24) is 5.32 Å². The molecule has 558 valence electrons. The summed E-state index contributed by atoms with van der Waals surface area (Å²) in [5.41, 5.74) is 0. The van der Waals surface area contributed by atoms with Crippen LogP contribution in [0.3, 0.4) is 0 Å². The molecule has 11 heteroatoms. The summed E-state index contributed by atoms with van der Waals surface area (Å²) in [6.45, 7) is 4.26. The number of hydrogen-bond acceptors (Lipinski definition) is 10. The molecule has 0 aliphatic carbocycles. The standard InChI is InChI=1S/C85H153NO10/c1-3-5-7-9-11-13-15-16-17-18-43-46-49-53-57-61-65-69-73-81(90)94-74-70-66-62-58-54-50-47-44-41-39-37-35-33-31-29-27-25-23-21-19-20-22-24-26-28-30-32-34-36-38-40-42-45-48-52-56-60-64-68-72-80(89)86-77(76-95-85-84(93)83(92)82(91)79(75-87)96-85)78(88)71-67-63-59-55-51-14-12-10-8-6-4-2/h8,10,13,15,17-20,23,25,51,55,67,71,77-79,82-85,87-88,91-93H,3-7,9,11-12,14,16,21-22,24,26-50,52-54,56-66,68-70,72-76H2,1-2H3,(H,86,89)/b10-8+,15-13-,18-17-,20-19-,25-23-,55-51+,71-67+. The van der Waals surface area contributed by atoms with Gasteiger partial charge in [0, 0.05) is 12.8 Å². The van der Waals surface area contributed by atoms with Gasteiger partial charge in [-0.25, -0.2) is 0 Å². The maximum Gasteiger partial charge on any atom is 0.305 e. The number of carbonyl (C=O) groups excluding carboxylic acids is 2. The Morgan fingerprint density at radius 2 is 0.729 bits per heavy atom. The van der Waals surface area contributed by atoms with E-state index in [9.17, 15) is 35.1 Å². The van der Waals surface area contributed by atoms with E-state index >= 15 is 0 Å². The van der Waals surface area contributed by atoms with Gasteiger partial charge in [0.2, 0.25) is 5.91 Å². The Bertz CT molecular complexity index is 1880. The van der Waals surface area contributed by atoms with Crippen LogP contribution < -0.4 is 5.32 Å². The lowest BCUT2D eigenvalue weighted by Gasteiger charge is -2.40. The van der Waals surface area contributed by atoms with Crippen LogP contribution in [0.4, 0.5) is 0 Å². The first-order chi connectivity index (χ1) is 47.2. The van der Waals surface area contributed by atoms with Crippen molar-refractivity contribution in [1.29, 1.82) is 0 Å². The highest BCUT2D eigenvalue weighted by molar-refractivity contribution is 5.76. The van der Waals surface area contributed by atoms with Crippen molar-refractivity contribution in [3.8, 4) is 0 Å². The van der Waals surface area contributed by atoms with Crippen molar-refractivity contribution in [2.75, 3.05) is 19.8 Å². The van der Waals surface area contributed by atoms with Crippen LogP contribution in [0.25, 0.3) is 0 Å². The van der Waals surface area contributed by atoms with Crippen molar-refractivity contribution in [2.45, 2.75) is 423 Å². The lowest BCUT2D eigenvalue weighted by molar-refractivity contribution is -0.302. The molecule has 0 saturated carbocycles. The molecule has 0 aromatic heterocycles. The van der Waals surface area contributed by atoms with Crippen LogP contribution in [-0.2, 0) is 23.8 Å². The van der Waals surface area contributed by atoms with Gasteiger partial charge in [0.1, 0.15) is 24.4 Å². The summed E-state index contributed by atoms with van der Waals surface area (Å²) in [5, 5.41) is 54.4. The molecule has 7 atom stereocenters. The predicted molar refractivity (Wildman–Crippen MR) is 407 cm³/mol. The fourth-order valence-corrected chi connectivity index (χ4v) is 12.5. The van der Waals surface area contributed by atoms with E-state index in [0.717, 1.165) is 89.9 Å². The van der Waals surface area contributed by atoms with Crippen LogP contribution in [0.1, 0.15) is 380 Å². The first kappa shape index (κ1) is 90.9. The van der Waals surface area contributed by atoms with Crippen molar-refractivity contribution < 1.29 is 49.3 Å². The van der Waals surface area contributed by atoms with Crippen LogP contribution in [0.2, 0.25) is 0 Å². The molecular formula is C85H153NO10. The Kier molecular flexibility index (Phi) is 69.2. The second-order valence-electron chi connectivity index (χ2n) is 28.1. The minimum atomic E-state index is -1.58. The fraction of sp³-hybridized carbons (Fsp3) is 0.812. The summed E-state index contributed by atoms with van der Waals surface area (Å²) in [7, 11) is 0. The minimum Gasteiger partial charge on any atom is -0.466 e. The number of aliphatic hydroxyl groups is 5. The Labute approximate surface area is 591 Å². The van der Waals surface area contributed by atoms with Crippen LogP contribution >= 0.6 is 0 Å². The SMILES string of the molecule is CCC/C=C/CC/C=C/CC/C=C/C(O)C(COC1OC(CO)C(O)C(O)C1O)NC(=O)CCCCCCCCCCCCCCCCCCC/C=C\C/C=C\CCCCCCCCCCCCCCCCCOC(=O)CCCCCCCCC/C=C\C/C=C\CCCCCC. The Hall–Kier alpha value is -3.16. The van der Waals surface area contributed by atoms with E-state index in [2.05, 4.69) is 92.1 Å². The molecule has 1 aliphatic rings. The van der Waals surface area contributed by atoms with E-state index in [1.807, 2.05) is 6.08 Å². The van der Waals surface area contributed by atoms with Crippen molar-refractivity contribution in [2.24, 2.45) is 0 Å². The second-order valence-corrected chi connectivity index (χ2v) is 28.1. The van der Waals surface area contributed by atoms with Gasteiger partial charge < -0.3 is 45.1 Å². The topological polar surface area (TPSA) is 175 Å². The molecular weight excluding hydrogens is 1190 g/mol. The van der Waals surface area contributed by atoms with Crippen molar-refractivity contribution >= 4 is 11.9 Å². The van der Waals surface area contributed by atoms with E-state index < -0.39 is 49.5 Å². The van der Waals surface area contributed by atoms with Gasteiger partial charge in [-0.3, -0.25) is 9.59 Å². The molecule has 0 bridgehead atoms. The number of amides is 1. The van der Waals surface area contributed by atoms with E-state index in [1.54, 1.807) is 6.08 Å². The smallest absolute Gasteiger partial charge is 0.305 e. The maximum atomic E-state index is 13.1. The first-order valence-corrected chi connectivity index (χ1v) is 40.9. The molecule has 1 aliphatic heterocycles. The molecule has 1 saturated heterocycles. The van der Waals surface area contributed by atoms with E-state index in [4.69, 9.17) is 14.2 Å². The summed E-state index contributed by atoms with van der Waals surface area (Å²) >= 11 is 0. The average molecular weight is 1350 g/mol. The molecule has 96 heavy (non-hydrogen) atoms. The number of unbranched alkanes of at least 4 members (excludes halogenated alkanes) is 46. The van der Waals surface area contributed by atoms with Gasteiger partial charge in [0.25, 0.3) is 0 Å². The quantitative estimate of drug-likeness (QED) is 0.0195. The zero-order valence-corrected chi connectivity index (χ0v) is 62.3. The summed E-state index contributed by atoms with van der Waals surface area (Å²) in [6.07, 6.45) is 92.1. The van der Waals surface area contributed by atoms with E-state index in [-0.39, 0.29) is 18.5 Å². The Morgan fingerprint density at radius 3 is 1.12 bits per heavy atom. The predicted octanol–water partition coefficient (Wildman–Crippen LogP) is 22.4. The number of allylic oxidation sites excluding steroid dienone is 13. The molecule has 1 amide bonds. The highest BCUT2D eigenvalue weighted by atomic mass is 16.7. The monoisotopic (exact) mass is 1350 g/mol. The second kappa shape index (κ2) is 73.1. The highest BCUT2D eigenvalue weighted by Crippen LogP contribution is 2.24. The molecule has 0 aromatic rings. The molecule has 0 radical (unpaired) electrons. The van der Waals surface area contributed by atoms with E-state index in [1.165, 1.54) is 263 Å². The normalized spacial score (nSPS) is 17.8. The van der Waals surface area contributed by atoms with Crippen molar-refractivity contribution in [3.05, 3.63) is 85.1 Å². The van der Waals surface area contributed by atoms with Crippen LogP contribution in [0, 0.1) is 0 Å². The summed E-state index contributed by atoms with van der Waals surface area (Å²) < 4.78 is 16.7. The Balaban J connectivity index is 1.88. The molecule has 0 aromatic carbocycles. The first-order valence-electron chi connectivity index (χ1n) is 40.9. The molecule has 11 nitrogen and oxygen atoms in total. The zero-order valence-electron chi connectivity index (χ0n) is 62.3. The minimum absolute atomic E-state index is 0.00682. The van der Waals surface area contributed by atoms with Gasteiger partial charge in [0.05, 0.1) is 32.0 Å². The molecule has 1 rings (SSSR count). The van der Waals surface area contributed by atoms with Crippen molar-refractivity contribution in [3.63, 3.8) is 0 Å². The number of ether oxygens (including phenoxy) is 3. The van der Waals surface area contributed by atoms with Crippen LogP contribution in [-0.4, -0.2) is 100 Å². The molecule has 0 spiro atoms. The molecule has 1 fully saturated rings. The average Bonchev–Trinajstić information content (AvgIpc) is 0.855. The molecule has 1 heterocycles. The van der Waals surface area contributed by atoms with Gasteiger partial charge >= 0.3 is 5.97 Å². The highest BCUT2D eigenvalue weighted by Gasteiger charge is 2.44. The third-order valence-electron chi connectivity index (χ3n) is 18.9. The molecule has 7 unspecified atom stereocenters. The van der Waals surface area contributed by atoms with E-state index in [0.29, 0.717) is 19.4 Å². The maximum absolute atomic E-state index is 13.1. The largest absolute Gasteiger partial charge is 0.466 e. The summed E-state index contributed by atoms with van der Waals surface area (Å²) in [5.74, 6) is -0.188. The van der Waals surface area contributed by atoms with Crippen LogP contribution in [0.5, 0.6) is 0 Å². The third-order valence-corrected chi connectivity index (χ3v) is 18.9. The van der Waals surface area contributed by atoms with Crippen LogP contribution in [0.15, 0.2) is 85.1 Å².